The van der Waals surface area contributed by atoms with Crippen LogP contribution >= 0.6 is 0 Å². The molecule has 0 amide bonds. The van der Waals surface area contributed by atoms with E-state index in [2.05, 4.69) is 32.9 Å². The van der Waals surface area contributed by atoms with Crippen molar-refractivity contribution < 1.29 is 52.8 Å². The fourth-order valence-electron chi connectivity index (χ4n) is 2.25. The Balaban J connectivity index is 0. The molecule has 0 fully saturated rings. The van der Waals surface area contributed by atoms with Crippen molar-refractivity contribution in [2.24, 2.45) is 5.41 Å². The van der Waals surface area contributed by atoms with Crippen LogP contribution in [0, 0.1) is 5.41 Å². The molecule has 0 radical (unpaired) electrons. The summed E-state index contributed by atoms with van der Waals surface area (Å²) in [5, 5.41) is 9.48. The van der Waals surface area contributed by atoms with Crippen molar-refractivity contribution in [3.05, 3.63) is 62.3 Å². The molecule has 0 saturated heterocycles. The van der Waals surface area contributed by atoms with E-state index in [0.29, 0.717) is 24.4 Å². The third kappa shape index (κ3) is 19.7. The molecular formula is C28H40O11. The molecule has 1 N–H and O–H groups in total. The van der Waals surface area contributed by atoms with Crippen LogP contribution in [0.2, 0.25) is 0 Å². The minimum absolute atomic E-state index is 0.330. The van der Waals surface area contributed by atoms with Gasteiger partial charge in [-0.05, 0) is 39.5 Å². The number of ether oxygens (including phenoxy) is 5. The van der Waals surface area contributed by atoms with Crippen molar-refractivity contribution in [2.75, 3.05) is 39.6 Å². The number of esters is 5. The Morgan fingerprint density at radius 1 is 0.615 bits per heavy atom. The first-order valence-electron chi connectivity index (χ1n) is 12.0. The van der Waals surface area contributed by atoms with Gasteiger partial charge in [-0.15, -0.1) is 0 Å². The van der Waals surface area contributed by atoms with Gasteiger partial charge < -0.3 is 28.8 Å². The van der Waals surface area contributed by atoms with Crippen LogP contribution < -0.4 is 0 Å². The van der Waals surface area contributed by atoms with Gasteiger partial charge in [-0.25, -0.2) is 24.0 Å². The number of rotatable bonds is 19. The Hall–Kier alpha value is -3.99. The summed E-state index contributed by atoms with van der Waals surface area (Å²) in [5.41, 5.74) is -0.445. The molecule has 0 heterocycles. The molecule has 218 valence electrons. The maximum atomic E-state index is 11.1. The average molecular weight is 553 g/mol. The molecule has 0 spiro atoms. The van der Waals surface area contributed by atoms with Gasteiger partial charge in [-0.2, -0.15) is 0 Å². The quantitative estimate of drug-likeness (QED) is 0.109. The number of aliphatic hydroxyl groups is 1. The lowest BCUT2D eigenvalue weighted by Gasteiger charge is -2.29. The average Bonchev–Trinajstić information content (AvgIpc) is 2.93. The van der Waals surface area contributed by atoms with Crippen molar-refractivity contribution >= 4 is 29.8 Å². The van der Waals surface area contributed by atoms with Gasteiger partial charge in [-0.3, -0.25) is 0 Å². The monoisotopic (exact) mass is 552 g/mol. The predicted molar refractivity (Wildman–Crippen MR) is 143 cm³/mol. The van der Waals surface area contributed by atoms with Gasteiger partial charge in [0.1, 0.15) is 19.8 Å². The van der Waals surface area contributed by atoms with Crippen LogP contribution in [-0.2, 0) is 47.7 Å². The molecule has 0 aromatic heterocycles. The predicted octanol–water partition coefficient (Wildman–Crippen LogP) is 2.94. The second kappa shape index (κ2) is 22.0. The van der Waals surface area contributed by atoms with Crippen LogP contribution in [0.25, 0.3) is 0 Å². The SMILES string of the molecule is C=C(C)C(=O)OCCCCCCOC(=O)C(=C)C.C=CC(=O)OCC(CO)(COC(=O)C=C)COC(=O)C=C. The molecule has 11 nitrogen and oxygen atoms in total. The standard InChI is InChI=1S/C14H18O7.C14H22O4/c1-4-11(16)19-8-14(7-15,9-20-12(17)5-2)10-21-13(18)6-3;1-11(2)13(15)17-9-7-5-6-8-10-18-14(16)12(3)4/h4-6,15H,1-3,7-10H2;1,3,5-10H2,2,4H3. The van der Waals surface area contributed by atoms with Crippen LogP contribution in [0.3, 0.4) is 0 Å². The smallest absolute Gasteiger partial charge is 0.333 e. The van der Waals surface area contributed by atoms with Crippen molar-refractivity contribution in [2.45, 2.75) is 39.5 Å². The molecule has 0 aromatic carbocycles. The third-order valence-electron chi connectivity index (χ3n) is 4.60. The Morgan fingerprint density at radius 3 is 1.15 bits per heavy atom. The first kappa shape index (κ1) is 37.2. The summed E-state index contributed by atoms with van der Waals surface area (Å²) in [7, 11) is 0. The molecule has 0 aliphatic heterocycles. The molecule has 0 saturated carbocycles. The van der Waals surface area contributed by atoms with E-state index in [4.69, 9.17) is 23.7 Å². The summed E-state index contributed by atoms with van der Waals surface area (Å²) in [4.78, 5) is 55.3. The van der Waals surface area contributed by atoms with Crippen LogP contribution in [-0.4, -0.2) is 74.6 Å². The second-order valence-corrected chi connectivity index (χ2v) is 8.34. The molecular weight excluding hydrogens is 512 g/mol. The summed E-state index contributed by atoms with van der Waals surface area (Å²) in [5.74, 6) is -2.86. The molecule has 11 heteroatoms. The summed E-state index contributed by atoms with van der Waals surface area (Å²) in [6.45, 7) is 19.2. The highest BCUT2D eigenvalue weighted by molar-refractivity contribution is 5.87. The summed E-state index contributed by atoms with van der Waals surface area (Å²) in [6.07, 6.45) is 6.32. The summed E-state index contributed by atoms with van der Waals surface area (Å²) >= 11 is 0. The molecule has 0 bridgehead atoms. The third-order valence-corrected chi connectivity index (χ3v) is 4.60. The van der Waals surface area contributed by atoms with Gasteiger partial charge in [0.2, 0.25) is 0 Å². The number of unbranched alkanes of at least 4 members (excludes halogenated alkanes) is 3. The van der Waals surface area contributed by atoms with E-state index in [1.54, 1.807) is 13.8 Å². The Labute approximate surface area is 229 Å². The van der Waals surface area contributed by atoms with E-state index in [-0.39, 0.29) is 31.8 Å². The largest absolute Gasteiger partial charge is 0.462 e. The zero-order valence-corrected chi connectivity index (χ0v) is 22.9. The molecule has 0 unspecified atom stereocenters. The lowest BCUT2D eigenvalue weighted by molar-refractivity contribution is -0.159. The van der Waals surface area contributed by atoms with E-state index >= 15 is 0 Å². The first-order chi connectivity index (χ1) is 18.4. The Bertz CT molecular complexity index is 794. The normalized spacial score (nSPS) is 9.92. The van der Waals surface area contributed by atoms with E-state index in [1.807, 2.05) is 0 Å². The minimum atomic E-state index is -1.28. The zero-order valence-electron chi connectivity index (χ0n) is 22.9. The Morgan fingerprint density at radius 2 is 0.923 bits per heavy atom. The zero-order chi connectivity index (χ0) is 30.3. The van der Waals surface area contributed by atoms with E-state index in [1.165, 1.54) is 0 Å². The fraction of sp³-hybridized carbons (Fsp3) is 0.464. The van der Waals surface area contributed by atoms with Gasteiger partial charge >= 0.3 is 29.8 Å². The van der Waals surface area contributed by atoms with E-state index in [9.17, 15) is 29.1 Å². The Kier molecular flexibility index (Phi) is 21.0. The van der Waals surface area contributed by atoms with Gasteiger partial charge in [-0.1, -0.05) is 32.9 Å². The van der Waals surface area contributed by atoms with Gasteiger partial charge in [0.05, 0.1) is 25.2 Å². The molecule has 0 atom stereocenters. The van der Waals surface area contributed by atoms with Crippen LogP contribution in [0.5, 0.6) is 0 Å². The van der Waals surface area contributed by atoms with Crippen molar-refractivity contribution in [3.8, 4) is 0 Å². The topological polar surface area (TPSA) is 152 Å². The van der Waals surface area contributed by atoms with Crippen LogP contribution in [0.4, 0.5) is 0 Å². The number of hydrogen-bond acceptors (Lipinski definition) is 11. The number of hydrogen-bond donors (Lipinski definition) is 1. The van der Waals surface area contributed by atoms with E-state index < -0.39 is 29.9 Å². The van der Waals surface area contributed by atoms with Gasteiger partial charge in [0.25, 0.3) is 0 Å². The summed E-state index contributed by atoms with van der Waals surface area (Å²) in [6, 6.07) is 0. The molecule has 0 aliphatic carbocycles. The highest BCUT2D eigenvalue weighted by atomic mass is 16.6. The highest BCUT2D eigenvalue weighted by Gasteiger charge is 2.35. The molecule has 0 aromatic rings. The van der Waals surface area contributed by atoms with Crippen molar-refractivity contribution in [1.29, 1.82) is 0 Å². The minimum Gasteiger partial charge on any atom is -0.462 e. The maximum Gasteiger partial charge on any atom is 0.333 e. The number of carbonyl (C=O) groups is 5. The molecule has 0 aliphatic rings. The molecule has 39 heavy (non-hydrogen) atoms. The van der Waals surface area contributed by atoms with Gasteiger partial charge in [0.15, 0.2) is 0 Å². The van der Waals surface area contributed by atoms with Crippen molar-refractivity contribution in [1.82, 2.24) is 0 Å². The lowest BCUT2D eigenvalue weighted by Crippen LogP contribution is -2.42. The number of carbonyl (C=O) groups excluding carboxylic acids is 5. The van der Waals surface area contributed by atoms with Crippen LogP contribution in [0.15, 0.2) is 62.3 Å². The first-order valence-corrected chi connectivity index (χ1v) is 12.0. The lowest BCUT2D eigenvalue weighted by atomic mass is 9.92. The van der Waals surface area contributed by atoms with Gasteiger partial charge in [0, 0.05) is 29.4 Å². The fourth-order valence-corrected chi connectivity index (χ4v) is 2.25. The second-order valence-electron chi connectivity index (χ2n) is 8.34. The summed E-state index contributed by atoms with van der Waals surface area (Å²) < 4.78 is 24.4. The number of aliphatic hydroxyl groups excluding tert-OH is 1. The van der Waals surface area contributed by atoms with Crippen molar-refractivity contribution in [3.63, 3.8) is 0 Å². The molecule has 0 rings (SSSR count). The van der Waals surface area contributed by atoms with E-state index in [0.717, 1.165) is 43.9 Å². The highest BCUT2D eigenvalue weighted by Crippen LogP contribution is 2.19. The maximum absolute atomic E-state index is 11.1. The van der Waals surface area contributed by atoms with Crippen LogP contribution in [0.1, 0.15) is 39.5 Å².